The van der Waals surface area contributed by atoms with Crippen LogP contribution >= 0.6 is 8.45 Å². The van der Waals surface area contributed by atoms with E-state index in [1.807, 2.05) is 48.5 Å². The molecular formula is C32H33N2O4P. The smallest absolute Gasteiger partial charge is 0.189 e. The minimum absolute atomic E-state index is 0.00888. The Morgan fingerprint density at radius 3 is 1.49 bits per heavy atom. The lowest BCUT2D eigenvalue weighted by Crippen LogP contribution is -2.52. The molecule has 2 bridgehead atoms. The SMILES string of the molecule is Oc1ccc(CN2C(Cc3ccccc3)C(O)C3OP2N(Cc2ccc(O)cc2)C3Cc2ccccc2)cc1. The summed E-state index contributed by atoms with van der Waals surface area (Å²) >= 11 is 0. The van der Waals surface area contributed by atoms with E-state index in [9.17, 15) is 15.3 Å². The maximum absolute atomic E-state index is 11.9. The van der Waals surface area contributed by atoms with Crippen molar-refractivity contribution >= 4 is 8.45 Å². The number of aliphatic hydroxyl groups is 1. The summed E-state index contributed by atoms with van der Waals surface area (Å²) in [6.45, 7) is 1.24. The summed E-state index contributed by atoms with van der Waals surface area (Å²) in [5.74, 6) is 0.479. The second-order valence-corrected chi connectivity index (χ2v) is 12.1. The number of aromatic hydroxyl groups is 2. The van der Waals surface area contributed by atoms with Crippen molar-refractivity contribution in [2.24, 2.45) is 0 Å². The average Bonchev–Trinajstić information content (AvgIpc) is 3.27. The lowest BCUT2D eigenvalue weighted by Gasteiger charge is -2.43. The molecule has 6 rings (SSSR count). The van der Waals surface area contributed by atoms with E-state index in [1.165, 1.54) is 11.1 Å². The van der Waals surface area contributed by atoms with Crippen LogP contribution in [0.15, 0.2) is 109 Å². The molecule has 2 saturated heterocycles. The molecule has 2 heterocycles. The van der Waals surface area contributed by atoms with E-state index in [0.29, 0.717) is 19.5 Å². The molecule has 7 heteroatoms. The molecule has 200 valence electrons. The van der Waals surface area contributed by atoms with Crippen LogP contribution in [0.25, 0.3) is 0 Å². The van der Waals surface area contributed by atoms with Gasteiger partial charge in [0.25, 0.3) is 0 Å². The van der Waals surface area contributed by atoms with Gasteiger partial charge in [0.2, 0.25) is 0 Å². The highest BCUT2D eigenvalue weighted by Crippen LogP contribution is 2.61. The van der Waals surface area contributed by atoms with Gasteiger partial charge in [-0.1, -0.05) is 84.9 Å². The van der Waals surface area contributed by atoms with Crippen molar-refractivity contribution in [1.29, 1.82) is 0 Å². The van der Waals surface area contributed by atoms with Crippen LogP contribution in [0.3, 0.4) is 0 Å². The number of aliphatic hydroxyl groups excluding tert-OH is 1. The highest BCUT2D eigenvalue weighted by molar-refractivity contribution is 7.47. The van der Waals surface area contributed by atoms with Crippen molar-refractivity contribution in [2.45, 2.75) is 50.2 Å². The molecule has 39 heavy (non-hydrogen) atoms. The number of phenols is 2. The zero-order chi connectivity index (χ0) is 26.8. The Kier molecular flexibility index (Phi) is 7.64. The third kappa shape index (κ3) is 5.72. The van der Waals surface area contributed by atoms with E-state index >= 15 is 0 Å². The van der Waals surface area contributed by atoms with Gasteiger partial charge in [0.05, 0.1) is 12.1 Å². The Bertz CT molecular complexity index is 1320. The number of nitrogens with zero attached hydrogens (tertiary/aromatic N) is 2. The van der Waals surface area contributed by atoms with Crippen molar-refractivity contribution in [3.63, 3.8) is 0 Å². The van der Waals surface area contributed by atoms with Crippen LogP contribution in [0.2, 0.25) is 0 Å². The monoisotopic (exact) mass is 540 g/mol. The third-order valence-electron chi connectivity index (χ3n) is 7.67. The van der Waals surface area contributed by atoms with Gasteiger partial charge in [0.1, 0.15) is 17.6 Å². The summed E-state index contributed by atoms with van der Waals surface area (Å²) in [6, 6.07) is 35.2. The number of phenolic OH excluding ortho intramolecular Hbond substituents is 2. The largest absolute Gasteiger partial charge is 0.508 e. The molecule has 0 aromatic heterocycles. The maximum Gasteiger partial charge on any atom is 0.189 e. The van der Waals surface area contributed by atoms with E-state index in [1.54, 1.807) is 24.3 Å². The Morgan fingerprint density at radius 2 is 1.00 bits per heavy atom. The van der Waals surface area contributed by atoms with Crippen molar-refractivity contribution in [3.05, 3.63) is 131 Å². The van der Waals surface area contributed by atoms with Gasteiger partial charge in [-0.3, -0.25) is 0 Å². The standard InChI is InChI=1S/C32H33N2O4P/c35-27-15-11-25(12-16-27)21-33-29(19-23-7-3-1-4-8-23)31(37)32-30(20-24-9-5-2-6-10-24)34(39(33)38-32)22-26-13-17-28(36)18-14-26/h1-18,29-32,35-37H,19-22H2. The molecule has 0 saturated carbocycles. The fraction of sp³-hybridized carbons (Fsp3) is 0.250. The lowest BCUT2D eigenvalue weighted by molar-refractivity contribution is -0.0314. The zero-order valence-electron chi connectivity index (χ0n) is 21.6. The molecular weight excluding hydrogens is 507 g/mol. The fourth-order valence-corrected chi connectivity index (χ4v) is 8.18. The predicted octanol–water partition coefficient (Wildman–Crippen LogP) is 5.62. The van der Waals surface area contributed by atoms with Crippen LogP contribution in [-0.4, -0.2) is 49.0 Å². The quantitative estimate of drug-likeness (QED) is 0.252. The van der Waals surface area contributed by atoms with Gasteiger partial charge >= 0.3 is 0 Å². The summed E-state index contributed by atoms with van der Waals surface area (Å²) < 4.78 is 11.5. The number of rotatable bonds is 8. The zero-order valence-corrected chi connectivity index (χ0v) is 22.5. The third-order valence-corrected chi connectivity index (χ3v) is 9.86. The van der Waals surface area contributed by atoms with Gasteiger partial charge in [-0.2, -0.15) is 0 Å². The molecule has 0 aliphatic carbocycles. The van der Waals surface area contributed by atoms with Crippen LogP contribution in [0.4, 0.5) is 0 Å². The van der Waals surface area contributed by atoms with Crippen molar-refractivity contribution in [2.75, 3.05) is 0 Å². The molecule has 4 aromatic rings. The van der Waals surface area contributed by atoms with Crippen molar-refractivity contribution in [3.8, 4) is 11.5 Å². The lowest BCUT2D eigenvalue weighted by atomic mass is 9.91. The second kappa shape index (κ2) is 11.5. The van der Waals surface area contributed by atoms with E-state index in [0.717, 1.165) is 17.5 Å². The topological polar surface area (TPSA) is 76.4 Å². The highest BCUT2D eigenvalue weighted by atomic mass is 31.2. The number of fused-ring (bicyclic) bond motifs is 2. The normalized spacial score (nSPS) is 25.1. The van der Waals surface area contributed by atoms with Gasteiger partial charge in [-0.15, -0.1) is 0 Å². The van der Waals surface area contributed by atoms with E-state index in [-0.39, 0.29) is 29.7 Å². The highest BCUT2D eigenvalue weighted by Gasteiger charge is 2.56. The fourth-order valence-electron chi connectivity index (χ4n) is 5.65. The van der Waals surface area contributed by atoms with Crippen LogP contribution < -0.4 is 0 Å². The van der Waals surface area contributed by atoms with E-state index in [2.05, 4.69) is 45.7 Å². The molecule has 0 spiro atoms. The summed E-state index contributed by atoms with van der Waals surface area (Å²) in [4.78, 5) is 0. The van der Waals surface area contributed by atoms with Crippen LogP contribution in [0.5, 0.6) is 11.5 Å². The summed E-state index contributed by atoms with van der Waals surface area (Å²) in [6.07, 6.45) is 0.479. The first-order valence-electron chi connectivity index (χ1n) is 13.4. The van der Waals surface area contributed by atoms with Crippen molar-refractivity contribution in [1.82, 2.24) is 9.34 Å². The minimum Gasteiger partial charge on any atom is -0.508 e. The Labute approximate surface area is 230 Å². The number of hydrogen-bond donors (Lipinski definition) is 3. The second-order valence-electron chi connectivity index (χ2n) is 10.4. The molecule has 5 unspecified atom stereocenters. The molecule has 5 atom stereocenters. The first kappa shape index (κ1) is 26.0. The Morgan fingerprint density at radius 1 is 0.564 bits per heavy atom. The number of hydrogen-bond acceptors (Lipinski definition) is 6. The molecule has 6 nitrogen and oxygen atoms in total. The molecule has 2 fully saturated rings. The number of benzene rings is 4. The summed E-state index contributed by atoms with van der Waals surface area (Å²) in [7, 11) is -1.20. The van der Waals surface area contributed by atoms with E-state index in [4.69, 9.17) is 4.52 Å². The van der Waals surface area contributed by atoms with Crippen LogP contribution in [0.1, 0.15) is 22.3 Å². The molecule has 0 radical (unpaired) electrons. The first-order valence-corrected chi connectivity index (χ1v) is 14.5. The first-order chi connectivity index (χ1) is 19.0. The predicted molar refractivity (Wildman–Crippen MR) is 153 cm³/mol. The maximum atomic E-state index is 11.9. The average molecular weight is 541 g/mol. The van der Waals surface area contributed by atoms with Gasteiger partial charge < -0.3 is 19.8 Å². The van der Waals surface area contributed by atoms with E-state index < -0.39 is 14.6 Å². The van der Waals surface area contributed by atoms with Crippen LogP contribution in [-0.2, 0) is 30.5 Å². The molecule has 4 aromatic carbocycles. The molecule has 2 aliphatic rings. The Balaban J connectivity index is 1.38. The van der Waals surface area contributed by atoms with Crippen molar-refractivity contribution < 1.29 is 19.8 Å². The molecule has 2 aliphatic heterocycles. The minimum atomic E-state index is -1.20. The molecule has 0 amide bonds. The van der Waals surface area contributed by atoms with Gasteiger partial charge in [0.15, 0.2) is 8.45 Å². The van der Waals surface area contributed by atoms with Gasteiger partial charge in [-0.25, -0.2) is 9.34 Å². The summed E-state index contributed by atoms with van der Waals surface area (Å²) in [5, 5.41) is 31.6. The van der Waals surface area contributed by atoms with Gasteiger partial charge in [0, 0.05) is 19.1 Å². The Hall–Kier alpha value is -3.25. The van der Waals surface area contributed by atoms with Gasteiger partial charge in [-0.05, 0) is 59.4 Å². The summed E-state index contributed by atoms with van der Waals surface area (Å²) in [5.41, 5.74) is 4.53. The van der Waals surface area contributed by atoms with Crippen LogP contribution in [0, 0.1) is 0 Å². The molecule has 3 N–H and O–H groups in total.